The fraction of sp³-hybridized carbons (Fsp3) is 0.474. The van der Waals surface area contributed by atoms with Crippen LogP contribution in [0.2, 0.25) is 0 Å². The molecule has 1 atom stereocenters. The Morgan fingerprint density at radius 2 is 2.10 bits per heavy atom. The maximum atomic E-state index is 13.8. The molecule has 168 valence electrons. The number of rotatable bonds is 6. The quantitative estimate of drug-likeness (QED) is 0.548. The molecular formula is C19H21F5N6O. The summed E-state index contributed by atoms with van der Waals surface area (Å²) in [5.41, 5.74) is -0.349. The molecule has 1 aliphatic rings. The van der Waals surface area contributed by atoms with E-state index < -0.39 is 42.6 Å². The third kappa shape index (κ3) is 5.63. The second kappa shape index (κ2) is 8.69. The normalized spacial score (nSPS) is 18.8. The highest BCUT2D eigenvalue weighted by atomic mass is 19.4. The summed E-state index contributed by atoms with van der Waals surface area (Å²) >= 11 is 0. The number of aromatic nitrogens is 4. The number of halogens is 5. The van der Waals surface area contributed by atoms with E-state index in [1.807, 2.05) is 0 Å². The van der Waals surface area contributed by atoms with Gasteiger partial charge in [-0.05, 0) is 48.5 Å². The molecule has 0 bridgehead atoms. The molecule has 0 aliphatic carbocycles. The van der Waals surface area contributed by atoms with Crippen LogP contribution in [0.3, 0.4) is 0 Å². The Hall–Kier alpha value is -2.89. The van der Waals surface area contributed by atoms with Crippen molar-refractivity contribution in [3.05, 3.63) is 46.8 Å². The van der Waals surface area contributed by atoms with Gasteiger partial charge in [-0.15, -0.1) is 10.2 Å². The number of amides is 1. The van der Waals surface area contributed by atoms with E-state index in [1.165, 1.54) is 12.1 Å². The third-order valence-corrected chi connectivity index (χ3v) is 4.84. The lowest BCUT2D eigenvalue weighted by Crippen LogP contribution is -2.40. The number of nitrogens with zero attached hydrogens (tertiary/aromatic N) is 5. The molecule has 1 N–H and O–H groups in total. The second-order valence-electron chi connectivity index (χ2n) is 7.35. The second-order valence-corrected chi connectivity index (χ2v) is 7.35. The Balaban J connectivity index is 1.87. The van der Waals surface area contributed by atoms with Gasteiger partial charge in [-0.3, -0.25) is 4.79 Å². The van der Waals surface area contributed by atoms with Gasteiger partial charge in [-0.2, -0.15) is 18.0 Å². The van der Waals surface area contributed by atoms with E-state index in [1.54, 1.807) is 14.0 Å². The Labute approximate surface area is 174 Å². The summed E-state index contributed by atoms with van der Waals surface area (Å²) in [7, 11) is 1.60. The number of hydrogen-bond donors (Lipinski definition) is 1. The zero-order chi connectivity index (χ0) is 22.8. The molecule has 12 heteroatoms. The summed E-state index contributed by atoms with van der Waals surface area (Å²) in [6, 6.07) is 2.37. The lowest BCUT2D eigenvalue weighted by Gasteiger charge is -2.22. The third-order valence-electron chi connectivity index (χ3n) is 4.84. The number of alkyl halides is 5. The van der Waals surface area contributed by atoms with Crippen molar-refractivity contribution in [3.63, 3.8) is 0 Å². The van der Waals surface area contributed by atoms with Gasteiger partial charge in [0.1, 0.15) is 0 Å². The average Bonchev–Trinajstić information content (AvgIpc) is 3.21. The molecule has 0 spiro atoms. The minimum atomic E-state index is -4.56. The van der Waals surface area contributed by atoms with E-state index in [-0.39, 0.29) is 18.7 Å². The Bertz CT molecular complexity index is 971. The summed E-state index contributed by atoms with van der Waals surface area (Å²) in [6.07, 6.45) is -2.60. The van der Waals surface area contributed by atoms with Crippen molar-refractivity contribution in [2.45, 2.75) is 38.0 Å². The fourth-order valence-corrected chi connectivity index (χ4v) is 3.45. The predicted octanol–water partition coefficient (Wildman–Crippen LogP) is 2.52. The molecule has 3 rings (SSSR count). The number of carbonyl (C=O) groups excluding carboxylic acids is 1. The number of nitrogens with one attached hydrogen (secondary N) is 1. The highest BCUT2D eigenvalue weighted by Crippen LogP contribution is 2.33. The topological polar surface area (TPSA) is 75.9 Å². The summed E-state index contributed by atoms with van der Waals surface area (Å²) in [5.74, 6) is -3.27. The van der Waals surface area contributed by atoms with Crippen LogP contribution >= 0.6 is 0 Å². The molecule has 1 fully saturated rings. The Morgan fingerprint density at radius 1 is 1.35 bits per heavy atom. The van der Waals surface area contributed by atoms with E-state index in [0.717, 1.165) is 27.9 Å². The van der Waals surface area contributed by atoms with Crippen LogP contribution in [0.25, 0.3) is 6.08 Å². The molecule has 1 saturated heterocycles. The van der Waals surface area contributed by atoms with E-state index in [0.29, 0.717) is 11.4 Å². The first-order valence-electron chi connectivity index (χ1n) is 9.44. The number of hydrogen-bond acceptors (Lipinski definition) is 5. The fourth-order valence-electron chi connectivity index (χ4n) is 3.45. The van der Waals surface area contributed by atoms with Crippen LogP contribution in [0, 0.1) is 6.92 Å². The molecule has 0 saturated carbocycles. The van der Waals surface area contributed by atoms with Crippen molar-refractivity contribution in [1.29, 1.82) is 0 Å². The molecule has 31 heavy (non-hydrogen) atoms. The highest BCUT2D eigenvalue weighted by molar-refractivity contribution is 5.92. The van der Waals surface area contributed by atoms with Crippen LogP contribution in [-0.2, 0) is 17.5 Å². The molecule has 0 radical (unpaired) electrons. The van der Waals surface area contributed by atoms with Crippen molar-refractivity contribution in [2.75, 3.05) is 20.1 Å². The first-order valence-corrected chi connectivity index (χ1v) is 9.44. The van der Waals surface area contributed by atoms with Gasteiger partial charge in [0.05, 0.1) is 24.7 Å². The first kappa shape index (κ1) is 22.8. The van der Waals surface area contributed by atoms with Crippen molar-refractivity contribution < 1.29 is 26.7 Å². The monoisotopic (exact) mass is 444 g/mol. The zero-order valence-electron chi connectivity index (χ0n) is 16.8. The van der Waals surface area contributed by atoms with Crippen LogP contribution in [0.15, 0.2) is 24.3 Å². The van der Waals surface area contributed by atoms with E-state index >= 15 is 0 Å². The zero-order valence-corrected chi connectivity index (χ0v) is 16.8. The first-order chi connectivity index (χ1) is 14.5. The maximum Gasteiger partial charge on any atom is 0.416 e. The standard InChI is InChI=1S/C19H21F5N6O/c1-12-26-28-30(27-12)10-14-7-15(19(22,23)24)5-3-13(14)4-6-17(31)29-11-18(20,21)8-16(29)9-25-2/h3-7,16,25H,8-11H2,1-2H3/b6-4+/t16-/m0/s1. The molecule has 1 aliphatic heterocycles. The van der Waals surface area contributed by atoms with Gasteiger partial charge in [-0.1, -0.05) is 6.07 Å². The van der Waals surface area contributed by atoms with Gasteiger partial charge in [-0.25, -0.2) is 8.78 Å². The summed E-state index contributed by atoms with van der Waals surface area (Å²) in [5, 5.41) is 14.2. The lowest BCUT2D eigenvalue weighted by atomic mass is 10.0. The number of aryl methyl sites for hydroxylation is 1. The number of likely N-dealkylation sites (tertiary alicyclic amines) is 1. The molecular weight excluding hydrogens is 423 g/mol. The molecule has 1 aromatic heterocycles. The molecule has 1 amide bonds. The highest BCUT2D eigenvalue weighted by Gasteiger charge is 2.46. The number of carbonyl (C=O) groups is 1. The minimum Gasteiger partial charge on any atom is -0.329 e. The summed E-state index contributed by atoms with van der Waals surface area (Å²) < 4.78 is 67.0. The molecule has 2 heterocycles. The molecule has 1 aromatic carbocycles. The number of benzene rings is 1. The lowest BCUT2D eigenvalue weighted by molar-refractivity contribution is -0.137. The largest absolute Gasteiger partial charge is 0.416 e. The Morgan fingerprint density at radius 3 is 2.71 bits per heavy atom. The van der Waals surface area contributed by atoms with Crippen molar-refractivity contribution >= 4 is 12.0 Å². The van der Waals surface area contributed by atoms with Gasteiger partial charge < -0.3 is 10.2 Å². The summed E-state index contributed by atoms with van der Waals surface area (Å²) in [6.45, 7) is 0.980. The average molecular weight is 444 g/mol. The van der Waals surface area contributed by atoms with Gasteiger partial charge in [0.25, 0.3) is 5.92 Å². The van der Waals surface area contributed by atoms with Crippen LogP contribution < -0.4 is 5.32 Å². The number of tetrazole rings is 1. The van der Waals surface area contributed by atoms with Gasteiger partial charge in [0, 0.05) is 19.0 Å². The summed E-state index contributed by atoms with van der Waals surface area (Å²) in [4.78, 5) is 14.8. The van der Waals surface area contributed by atoms with E-state index in [9.17, 15) is 26.7 Å². The van der Waals surface area contributed by atoms with Crippen LogP contribution in [0.4, 0.5) is 22.0 Å². The Kier molecular flexibility index (Phi) is 6.39. The van der Waals surface area contributed by atoms with Crippen LogP contribution in [0.5, 0.6) is 0 Å². The molecule has 2 aromatic rings. The number of likely N-dealkylation sites (N-methyl/N-ethyl adjacent to an activating group) is 1. The molecule has 7 nitrogen and oxygen atoms in total. The molecule has 0 unspecified atom stereocenters. The van der Waals surface area contributed by atoms with Crippen LogP contribution in [-0.4, -0.2) is 63.1 Å². The van der Waals surface area contributed by atoms with Gasteiger partial charge in [0.2, 0.25) is 5.91 Å². The van der Waals surface area contributed by atoms with Gasteiger partial charge >= 0.3 is 6.18 Å². The van der Waals surface area contributed by atoms with Crippen molar-refractivity contribution in [3.8, 4) is 0 Å². The smallest absolute Gasteiger partial charge is 0.329 e. The van der Waals surface area contributed by atoms with Crippen LogP contribution in [0.1, 0.15) is 28.9 Å². The van der Waals surface area contributed by atoms with E-state index in [2.05, 4.69) is 20.7 Å². The maximum absolute atomic E-state index is 13.8. The predicted molar refractivity (Wildman–Crippen MR) is 101 cm³/mol. The minimum absolute atomic E-state index is 0.108. The van der Waals surface area contributed by atoms with Gasteiger partial charge in [0.15, 0.2) is 5.82 Å². The SMILES string of the molecule is CNC[C@@H]1CC(F)(F)CN1C(=O)/C=C/c1ccc(C(F)(F)F)cc1Cn1nnc(C)n1. The van der Waals surface area contributed by atoms with E-state index in [4.69, 9.17) is 0 Å². The van der Waals surface area contributed by atoms with Crippen molar-refractivity contribution in [1.82, 2.24) is 30.4 Å². The van der Waals surface area contributed by atoms with Crippen molar-refractivity contribution in [2.24, 2.45) is 0 Å².